The van der Waals surface area contributed by atoms with Gasteiger partial charge in [0.1, 0.15) is 7.85 Å². The zero-order chi connectivity index (χ0) is 9.68. The molecular formula is C9H20BOPS. The van der Waals surface area contributed by atoms with Crippen LogP contribution in [0.25, 0.3) is 0 Å². The molecule has 1 fully saturated rings. The maximum atomic E-state index is 5.69. The van der Waals surface area contributed by atoms with Crippen LogP contribution >= 0.6 is 21.0 Å². The molecule has 0 radical (unpaired) electrons. The van der Waals surface area contributed by atoms with Crippen LogP contribution in [0.5, 0.6) is 0 Å². The molecule has 1 aliphatic heterocycles. The van der Waals surface area contributed by atoms with Gasteiger partial charge in [0.05, 0.1) is 0 Å². The third kappa shape index (κ3) is 3.45. The molecule has 0 bridgehead atoms. The Hall–Kier alpha value is 0.805. The number of ether oxygens (including phenoxy) is 1. The molecule has 1 aliphatic rings. The van der Waals surface area contributed by atoms with E-state index in [9.17, 15) is 0 Å². The maximum absolute atomic E-state index is 5.69. The Balaban J connectivity index is 2.41. The van der Waals surface area contributed by atoms with Gasteiger partial charge >= 0.3 is 0 Å². The summed E-state index contributed by atoms with van der Waals surface area (Å²) in [6, 6.07) is 0.459. The number of thioether (sulfide) groups is 1. The van der Waals surface area contributed by atoms with E-state index >= 15 is 0 Å². The van der Waals surface area contributed by atoms with Gasteiger partial charge in [-0.15, -0.1) is 9.24 Å². The largest absolute Gasteiger partial charge is 0.386 e. The molecule has 1 heterocycles. The maximum Gasteiger partial charge on any atom is 0.140 e. The summed E-state index contributed by atoms with van der Waals surface area (Å²) in [7, 11) is 5.02. The van der Waals surface area contributed by atoms with Gasteiger partial charge in [0.15, 0.2) is 0 Å². The Labute approximate surface area is 89.4 Å². The Morgan fingerprint density at radius 3 is 3.00 bits per heavy atom. The molecule has 0 N–H and O–H groups in total. The topological polar surface area (TPSA) is 9.23 Å². The summed E-state index contributed by atoms with van der Waals surface area (Å²) in [6.45, 7) is 3.27. The van der Waals surface area contributed by atoms with Crippen LogP contribution in [0.2, 0.25) is 0 Å². The molecule has 0 aromatic heterocycles. The molecule has 4 heteroatoms. The summed E-state index contributed by atoms with van der Waals surface area (Å²) in [5, 5.41) is 0.735. The summed E-state index contributed by atoms with van der Waals surface area (Å²) >= 11 is 2.09. The second-order valence-electron chi connectivity index (χ2n) is 3.66. The van der Waals surface area contributed by atoms with Gasteiger partial charge in [-0.1, -0.05) is 13.3 Å². The van der Waals surface area contributed by atoms with Crippen molar-refractivity contribution in [2.75, 3.05) is 18.5 Å². The van der Waals surface area contributed by atoms with E-state index in [1.54, 1.807) is 0 Å². The van der Waals surface area contributed by atoms with Crippen LogP contribution in [-0.2, 0) is 4.74 Å². The summed E-state index contributed by atoms with van der Waals surface area (Å²) in [6.07, 6.45) is 3.77. The lowest BCUT2D eigenvalue weighted by Gasteiger charge is -2.36. The van der Waals surface area contributed by atoms with Gasteiger partial charge in [-0.25, -0.2) is 0 Å². The zero-order valence-electron chi connectivity index (χ0n) is 8.66. The van der Waals surface area contributed by atoms with Crippen molar-refractivity contribution in [3.05, 3.63) is 0 Å². The van der Waals surface area contributed by atoms with Gasteiger partial charge in [-0.05, 0) is 24.3 Å². The summed E-state index contributed by atoms with van der Waals surface area (Å²) in [4.78, 5) is 0. The van der Waals surface area contributed by atoms with E-state index in [-0.39, 0.29) is 0 Å². The second-order valence-corrected chi connectivity index (χ2v) is 5.52. The van der Waals surface area contributed by atoms with E-state index < -0.39 is 0 Å². The predicted molar refractivity (Wildman–Crippen MR) is 67.5 cm³/mol. The molecule has 4 atom stereocenters. The van der Waals surface area contributed by atoms with Crippen LogP contribution in [0.15, 0.2) is 0 Å². The molecule has 4 unspecified atom stereocenters. The molecule has 76 valence electrons. The lowest BCUT2D eigenvalue weighted by Crippen LogP contribution is -2.39. The van der Waals surface area contributed by atoms with Crippen molar-refractivity contribution in [3.63, 3.8) is 0 Å². The molecule has 1 rings (SSSR count). The van der Waals surface area contributed by atoms with Crippen molar-refractivity contribution in [1.29, 1.82) is 0 Å². The Bertz CT molecular complexity index is 148. The first-order valence-electron chi connectivity index (χ1n) is 5.22. The first-order chi connectivity index (χ1) is 6.29. The van der Waals surface area contributed by atoms with Crippen LogP contribution in [0.4, 0.5) is 0 Å². The highest BCUT2D eigenvalue weighted by Crippen LogP contribution is 2.32. The molecule has 0 spiro atoms. The first-order valence-corrected chi connectivity index (χ1v) is 7.09. The highest BCUT2D eigenvalue weighted by atomic mass is 32.2. The SMILES string of the molecule is BC1OCCC(CC)C1SCCP. The van der Waals surface area contributed by atoms with Crippen molar-refractivity contribution >= 4 is 28.8 Å². The lowest BCUT2D eigenvalue weighted by molar-refractivity contribution is 0.0439. The summed E-state index contributed by atoms with van der Waals surface area (Å²) in [5.74, 6) is 2.13. The molecule has 0 aliphatic carbocycles. The van der Waals surface area contributed by atoms with Gasteiger partial charge in [-0.3, -0.25) is 0 Å². The van der Waals surface area contributed by atoms with E-state index in [1.165, 1.54) is 24.8 Å². The van der Waals surface area contributed by atoms with Crippen molar-refractivity contribution in [2.45, 2.75) is 31.0 Å². The molecule has 1 saturated heterocycles. The Morgan fingerprint density at radius 1 is 1.62 bits per heavy atom. The Morgan fingerprint density at radius 2 is 2.38 bits per heavy atom. The zero-order valence-corrected chi connectivity index (χ0v) is 10.6. The molecule has 1 nitrogen and oxygen atoms in total. The molecule has 0 amide bonds. The first kappa shape index (κ1) is 11.9. The van der Waals surface area contributed by atoms with E-state index in [0.717, 1.165) is 17.8 Å². The standard InChI is InChI=1S/C9H20BOPS/c1-2-7-3-4-11-9(10)8(7)13-6-5-12/h7-9H,2-6,10,12H2,1H3. The van der Waals surface area contributed by atoms with Crippen LogP contribution < -0.4 is 0 Å². The number of hydrogen-bond donors (Lipinski definition) is 0. The minimum atomic E-state index is 0.459. The molecule has 0 aromatic rings. The predicted octanol–water partition coefficient (Wildman–Crippen LogP) is 1.37. The number of hydrogen-bond acceptors (Lipinski definition) is 2. The monoisotopic (exact) mass is 218 g/mol. The number of rotatable bonds is 4. The summed E-state index contributed by atoms with van der Waals surface area (Å²) < 4.78 is 5.69. The van der Waals surface area contributed by atoms with Gasteiger partial charge in [0.25, 0.3) is 0 Å². The normalized spacial score (nSPS) is 34.8. The second kappa shape index (κ2) is 6.32. The van der Waals surface area contributed by atoms with Gasteiger partial charge in [-0.2, -0.15) is 11.8 Å². The highest BCUT2D eigenvalue weighted by Gasteiger charge is 2.29. The van der Waals surface area contributed by atoms with E-state index in [2.05, 4.69) is 35.8 Å². The third-order valence-corrected chi connectivity index (χ3v) is 5.08. The summed E-state index contributed by atoms with van der Waals surface area (Å²) in [5.41, 5.74) is 0. The highest BCUT2D eigenvalue weighted by molar-refractivity contribution is 8.00. The van der Waals surface area contributed by atoms with Gasteiger partial charge < -0.3 is 4.74 Å². The fourth-order valence-corrected chi connectivity index (χ4v) is 3.73. The van der Waals surface area contributed by atoms with Crippen molar-refractivity contribution < 1.29 is 4.74 Å². The van der Waals surface area contributed by atoms with Crippen LogP contribution in [0.3, 0.4) is 0 Å². The van der Waals surface area contributed by atoms with Gasteiger partial charge in [0.2, 0.25) is 0 Å². The molecule has 0 aromatic carbocycles. The Kier molecular flexibility index (Phi) is 5.77. The van der Waals surface area contributed by atoms with Crippen molar-refractivity contribution in [3.8, 4) is 0 Å². The minimum absolute atomic E-state index is 0.459. The quantitative estimate of drug-likeness (QED) is 0.520. The fourth-order valence-electron chi connectivity index (χ4n) is 1.96. The minimum Gasteiger partial charge on any atom is -0.386 e. The van der Waals surface area contributed by atoms with Crippen LogP contribution in [0.1, 0.15) is 19.8 Å². The molecule has 0 saturated carbocycles. The van der Waals surface area contributed by atoms with Gasteiger partial charge in [0, 0.05) is 17.9 Å². The van der Waals surface area contributed by atoms with E-state index in [1.807, 2.05) is 0 Å². The van der Waals surface area contributed by atoms with Crippen molar-refractivity contribution in [1.82, 2.24) is 0 Å². The fraction of sp³-hybridized carbons (Fsp3) is 1.00. The molecular weight excluding hydrogens is 198 g/mol. The third-order valence-electron chi connectivity index (χ3n) is 2.75. The van der Waals surface area contributed by atoms with E-state index in [0.29, 0.717) is 6.00 Å². The van der Waals surface area contributed by atoms with Crippen LogP contribution in [0, 0.1) is 5.92 Å². The lowest BCUT2D eigenvalue weighted by atomic mass is 9.84. The van der Waals surface area contributed by atoms with E-state index in [4.69, 9.17) is 4.74 Å². The molecule has 13 heavy (non-hydrogen) atoms. The average Bonchev–Trinajstić information content (AvgIpc) is 2.15. The average molecular weight is 218 g/mol. The smallest absolute Gasteiger partial charge is 0.140 e. The van der Waals surface area contributed by atoms with Crippen molar-refractivity contribution in [2.24, 2.45) is 5.92 Å². The van der Waals surface area contributed by atoms with Crippen LogP contribution in [-0.4, -0.2) is 37.6 Å².